The zero-order chi connectivity index (χ0) is 17.5. The molecule has 1 heterocycles. The van der Waals surface area contributed by atoms with Crippen LogP contribution < -0.4 is 10.2 Å². The SMILES string of the molecule is O=C(C[NH+]1CCC(Cc2ccccc2)CC1)NCc1ccccc1F. The summed E-state index contributed by atoms with van der Waals surface area (Å²) in [6, 6.07) is 17.2. The molecule has 132 valence electrons. The third-order valence-electron chi connectivity index (χ3n) is 5.02. The number of amides is 1. The number of piperidine rings is 1. The Morgan fingerprint density at radius 1 is 1.04 bits per heavy atom. The minimum absolute atomic E-state index is 0.000220. The maximum atomic E-state index is 13.6. The van der Waals surface area contributed by atoms with Crippen LogP contribution in [0.1, 0.15) is 24.0 Å². The molecule has 0 aromatic heterocycles. The second-order valence-corrected chi connectivity index (χ2v) is 6.93. The molecule has 3 rings (SSSR count). The number of benzene rings is 2. The molecule has 0 aliphatic carbocycles. The molecule has 0 radical (unpaired) electrons. The fourth-order valence-corrected chi connectivity index (χ4v) is 3.54. The Morgan fingerprint density at radius 2 is 1.72 bits per heavy atom. The smallest absolute Gasteiger partial charge is 0.275 e. The van der Waals surface area contributed by atoms with Crippen molar-refractivity contribution in [1.82, 2.24) is 5.32 Å². The summed E-state index contributed by atoms with van der Waals surface area (Å²) >= 11 is 0. The molecule has 0 saturated carbocycles. The molecule has 0 bridgehead atoms. The van der Waals surface area contributed by atoms with E-state index in [1.807, 2.05) is 0 Å². The molecule has 2 N–H and O–H groups in total. The lowest BCUT2D eigenvalue weighted by molar-refractivity contribution is -0.898. The Labute approximate surface area is 148 Å². The van der Waals surface area contributed by atoms with Gasteiger partial charge in [0.1, 0.15) is 5.82 Å². The maximum Gasteiger partial charge on any atom is 0.275 e. The third-order valence-corrected chi connectivity index (χ3v) is 5.02. The van der Waals surface area contributed by atoms with Crippen LogP contribution in [0.2, 0.25) is 0 Å². The van der Waals surface area contributed by atoms with Crippen LogP contribution in [0.15, 0.2) is 54.6 Å². The van der Waals surface area contributed by atoms with Crippen LogP contribution in [-0.4, -0.2) is 25.5 Å². The molecular weight excluding hydrogens is 315 g/mol. The Hall–Kier alpha value is -2.20. The van der Waals surface area contributed by atoms with Crippen LogP contribution in [0.5, 0.6) is 0 Å². The van der Waals surface area contributed by atoms with Gasteiger partial charge in [-0.1, -0.05) is 48.5 Å². The lowest BCUT2D eigenvalue weighted by atomic mass is 9.90. The summed E-state index contributed by atoms with van der Waals surface area (Å²) in [5.74, 6) is 0.448. The molecule has 25 heavy (non-hydrogen) atoms. The second-order valence-electron chi connectivity index (χ2n) is 6.93. The van der Waals surface area contributed by atoms with E-state index in [0.717, 1.165) is 32.4 Å². The lowest BCUT2D eigenvalue weighted by Crippen LogP contribution is -3.14. The maximum absolute atomic E-state index is 13.6. The van der Waals surface area contributed by atoms with E-state index < -0.39 is 0 Å². The number of nitrogens with one attached hydrogen (secondary N) is 2. The molecule has 1 aliphatic rings. The van der Waals surface area contributed by atoms with Crippen molar-refractivity contribution in [2.45, 2.75) is 25.8 Å². The molecule has 1 fully saturated rings. The number of carbonyl (C=O) groups is 1. The number of likely N-dealkylation sites (tertiary alicyclic amines) is 1. The van der Waals surface area contributed by atoms with E-state index in [1.165, 1.54) is 16.5 Å². The topological polar surface area (TPSA) is 33.5 Å². The zero-order valence-electron chi connectivity index (χ0n) is 14.5. The van der Waals surface area contributed by atoms with Crippen LogP contribution >= 0.6 is 0 Å². The zero-order valence-corrected chi connectivity index (χ0v) is 14.5. The predicted molar refractivity (Wildman–Crippen MR) is 96.7 cm³/mol. The number of carbonyl (C=O) groups excluding carboxylic acids is 1. The van der Waals surface area contributed by atoms with Gasteiger partial charge in [0, 0.05) is 12.1 Å². The van der Waals surface area contributed by atoms with Gasteiger partial charge >= 0.3 is 0 Å². The largest absolute Gasteiger partial charge is 0.347 e. The van der Waals surface area contributed by atoms with Gasteiger partial charge in [0.15, 0.2) is 6.54 Å². The number of quaternary nitrogens is 1. The third kappa shape index (κ3) is 5.40. The summed E-state index contributed by atoms with van der Waals surface area (Å²) < 4.78 is 13.6. The first-order chi connectivity index (χ1) is 12.2. The minimum Gasteiger partial charge on any atom is -0.347 e. The molecule has 2 aromatic rings. The van der Waals surface area contributed by atoms with E-state index in [1.54, 1.807) is 18.2 Å². The average Bonchev–Trinajstić information content (AvgIpc) is 2.64. The van der Waals surface area contributed by atoms with Crippen molar-refractivity contribution < 1.29 is 14.1 Å². The van der Waals surface area contributed by atoms with E-state index in [4.69, 9.17) is 0 Å². The summed E-state index contributed by atoms with van der Waals surface area (Å²) in [7, 11) is 0. The van der Waals surface area contributed by atoms with Crippen molar-refractivity contribution in [3.05, 3.63) is 71.5 Å². The van der Waals surface area contributed by atoms with Crippen LogP contribution in [-0.2, 0) is 17.8 Å². The van der Waals surface area contributed by atoms with Gasteiger partial charge in [-0.2, -0.15) is 0 Å². The van der Waals surface area contributed by atoms with Gasteiger partial charge in [0.05, 0.1) is 13.1 Å². The number of hydrogen-bond acceptors (Lipinski definition) is 1. The lowest BCUT2D eigenvalue weighted by Gasteiger charge is -2.29. The summed E-state index contributed by atoms with van der Waals surface area (Å²) in [5.41, 5.74) is 1.94. The summed E-state index contributed by atoms with van der Waals surface area (Å²) in [5, 5.41) is 2.84. The van der Waals surface area contributed by atoms with Crippen LogP contribution in [0.25, 0.3) is 0 Å². The summed E-state index contributed by atoms with van der Waals surface area (Å²) in [4.78, 5) is 13.4. The Balaban J connectivity index is 1.38. The standard InChI is InChI=1S/C21H25FN2O/c22-20-9-5-4-8-19(20)15-23-21(25)16-24-12-10-18(11-13-24)14-17-6-2-1-3-7-17/h1-9,18H,10-16H2,(H,23,25)/p+1. The van der Waals surface area contributed by atoms with Gasteiger partial charge in [-0.05, 0) is 36.8 Å². The molecule has 2 aromatic carbocycles. The highest BCUT2D eigenvalue weighted by Gasteiger charge is 2.24. The number of halogens is 1. The summed E-state index contributed by atoms with van der Waals surface area (Å²) in [6.07, 6.45) is 3.45. The van der Waals surface area contributed by atoms with Crippen molar-refractivity contribution in [3.63, 3.8) is 0 Å². The quantitative estimate of drug-likeness (QED) is 0.828. The highest BCUT2D eigenvalue weighted by atomic mass is 19.1. The Kier molecular flexibility index (Phi) is 6.18. The fraction of sp³-hybridized carbons (Fsp3) is 0.381. The van der Waals surface area contributed by atoms with Gasteiger partial charge in [0.25, 0.3) is 5.91 Å². The van der Waals surface area contributed by atoms with Crippen molar-refractivity contribution in [2.75, 3.05) is 19.6 Å². The first kappa shape index (κ1) is 17.6. The minimum atomic E-state index is -0.267. The Bertz CT molecular complexity index is 681. The van der Waals surface area contributed by atoms with Crippen molar-refractivity contribution in [2.24, 2.45) is 5.92 Å². The van der Waals surface area contributed by atoms with Gasteiger partial charge in [-0.25, -0.2) is 4.39 Å². The molecule has 0 spiro atoms. The van der Waals surface area contributed by atoms with E-state index >= 15 is 0 Å². The first-order valence-electron chi connectivity index (χ1n) is 9.08. The highest BCUT2D eigenvalue weighted by Crippen LogP contribution is 2.16. The van der Waals surface area contributed by atoms with E-state index in [-0.39, 0.29) is 18.3 Å². The van der Waals surface area contributed by atoms with Crippen LogP contribution in [0.4, 0.5) is 4.39 Å². The Morgan fingerprint density at radius 3 is 2.44 bits per heavy atom. The fourth-order valence-electron chi connectivity index (χ4n) is 3.54. The predicted octanol–water partition coefficient (Wildman–Crippen LogP) is 1.98. The van der Waals surface area contributed by atoms with Gasteiger partial charge in [-0.3, -0.25) is 4.79 Å². The van der Waals surface area contributed by atoms with Crippen molar-refractivity contribution in [1.29, 1.82) is 0 Å². The number of hydrogen-bond donors (Lipinski definition) is 2. The van der Waals surface area contributed by atoms with E-state index in [9.17, 15) is 9.18 Å². The molecule has 1 amide bonds. The summed E-state index contributed by atoms with van der Waals surface area (Å²) in [6.45, 7) is 2.80. The average molecular weight is 341 g/mol. The van der Waals surface area contributed by atoms with E-state index in [2.05, 4.69) is 35.6 Å². The highest BCUT2D eigenvalue weighted by molar-refractivity contribution is 5.76. The monoisotopic (exact) mass is 341 g/mol. The van der Waals surface area contributed by atoms with Crippen LogP contribution in [0.3, 0.4) is 0 Å². The molecule has 0 atom stereocenters. The second kappa shape index (κ2) is 8.77. The van der Waals surface area contributed by atoms with Gasteiger partial charge < -0.3 is 10.2 Å². The molecule has 4 heteroatoms. The molecule has 1 aliphatic heterocycles. The normalized spacial score (nSPS) is 20.2. The van der Waals surface area contributed by atoms with E-state index in [0.29, 0.717) is 18.0 Å². The molecular formula is C21H26FN2O+. The molecule has 3 nitrogen and oxygen atoms in total. The van der Waals surface area contributed by atoms with Crippen LogP contribution in [0, 0.1) is 11.7 Å². The first-order valence-corrected chi connectivity index (χ1v) is 9.08. The molecule has 0 unspecified atom stereocenters. The number of rotatable bonds is 6. The van der Waals surface area contributed by atoms with Gasteiger partial charge in [0.2, 0.25) is 0 Å². The van der Waals surface area contributed by atoms with Gasteiger partial charge in [-0.15, -0.1) is 0 Å². The van der Waals surface area contributed by atoms with Crippen molar-refractivity contribution >= 4 is 5.91 Å². The van der Waals surface area contributed by atoms with Crippen molar-refractivity contribution in [3.8, 4) is 0 Å². The molecule has 1 saturated heterocycles.